The molecular weight excluding hydrogens is 516 g/mol. The van der Waals surface area contributed by atoms with Crippen molar-refractivity contribution in [1.82, 2.24) is 16.0 Å². The van der Waals surface area contributed by atoms with Crippen LogP contribution in [0.4, 0.5) is 0 Å². The molecule has 0 saturated carbocycles. The molecular formula is C24H36N6O9. The fraction of sp³-hybridized carbons (Fsp3) is 0.500. The predicted octanol–water partition coefficient (Wildman–Crippen LogP) is -2.33. The molecule has 0 heterocycles. The minimum atomic E-state index is -1.60. The molecule has 0 bridgehead atoms. The maximum atomic E-state index is 13.0. The minimum Gasteiger partial charge on any atom is -0.508 e. The van der Waals surface area contributed by atoms with Crippen LogP contribution < -0.4 is 33.2 Å². The normalized spacial score (nSPS) is 13.8. The van der Waals surface area contributed by atoms with Crippen molar-refractivity contribution in [2.24, 2.45) is 17.2 Å². The second-order valence-electron chi connectivity index (χ2n) is 8.89. The number of rotatable bonds is 18. The van der Waals surface area contributed by atoms with Crippen LogP contribution in [-0.2, 0) is 35.2 Å². The van der Waals surface area contributed by atoms with Gasteiger partial charge in [0.25, 0.3) is 0 Å². The Balaban J connectivity index is 3.13. The number of carbonyl (C=O) groups excluding carboxylic acids is 4. The Kier molecular flexibility index (Phi) is 13.9. The van der Waals surface area contributed by atoms with Crippen LogP contribution in [0, 0.1) is 0 Å². The Morgan fingerprint density at radius 3 is 1.90 bits per heavy atom. The van der Waals surface area contributed by atoms with E-state index in [1.54, 1.807) is 0 Å². The van der Waals surface area contributed by atoms with Gasteiger partial charge >= 0.3 is 11.9 Å². The van der Waals surface area contributed by atoms with Crippen molar-refractivity contribution in [3.63, 3.8) is 0 Å². The number of carbonyl (C=O) groups is 6. The van der Waals surface area contributed by atoms with Gasteiger partial charge in [0.1, 0.15) is 23.9 Å². The number of hydrogen-bond donors (Lipinski definition) is 9. The van der Waals surface area contributed by atoms with Gasteiger partial charge in [0.15, 0.2) is 0 Å². The summed E-state index contributed by atoms with van der Waals surface area (Å²) < 4.78 is 0. The van der Waals surface area contributed by atoms with Gasteiger partial charge in [-0.15, -0.1) is 0 Å². The number of benzene rings is 1. The Morgan fingerprint density at radius 1 is 0.795 bits per heavy atom. The molecule has 1 rings (SSSR count). The van der Waals surface area contributed by atoms with E-state index in [1.807, 2.05) is 0 Å². The van der Waals surface area contributed by atoms with Crippen LogP contribution in [0.2, 0.25) is 0 Å². The molecule has 15 heteroatoms. The second-order valence-corrected chi connectivity index (χ2v) is 8.89. The Hall–Kier alpha value is -4.24. The van der Waals surface area contributed by atoms with E-state index in [9.17, 15) is 44.1 Å². The molecule has 12 N–H and O–H groups in total. The first-order valence-corrected chi connectivity index (χ1v) is 12.2. The first-order valence-electron chi connectivity index (χ1n) is 12.2. The third-order valence-corrected chi connectivity index (χ3v) is 5.62. The SMILES string of the molecule is NCCCCC(N)C(=O)NC(CC(=O)O)C(=O)NC(Cc1ccc(O)cc1)C(=O)NC(CCC(N)=O)C(=O)O. The highest BCUT2D eigenvalue weighted by molar-refractivity contribution is 5.95. The average molecular weight is 553 g/mol. The summed E-state index contributed by atoms with van der Waals surface area (Å²) in [6.45, 7) is 0.397. The highest BCUT2D eigenvalue weighted by Gasteiger charge is 2.31. The summed E-state index contributed by atoms with van der Waals surface area (Å²) in [6, 6.07) is 0.0148. The Labute approximate surface area is 224 Å². The maximum Gasteiger partial charge on any atom is 0.326 e. The first-order chi connectivity index (χ1) is 18.3. The first kappa shape index (κ1) is 32.8. The molecule has 4 atom stereocenters. The number of aliphatic carboxylic acids is 2. The molecule has 0 saturated heterocycles. The fourth-order valence-corrected chi connectivity index (χ4v) is 3.47. The summed E-state index contributed by atoms with van der Waals surface area (Å²) >= 11 is 0. The summed E-state index contributed by atoms with van der Waals surface area (Å²) in [6.07, 6.45) is -0.247. The van der Waals surface area contributed by atoms with Crippen molar-refractivity contribution < 1.29 is 44.1 Å². The smallest absolute Gasteiger partial charge is 0.326 e. The minimum absolute atomic E-state index is 0.0618. The number of hydrogen-bond acceptors (Lipinski definition) is 9. The molecule has 0 aliphatic carbocycles. The number of unbranched alkanes of at least 4 members (excludes halogenated alkanes) is 1. The molecule has 1 aromatic rings. The molecule has 1 aromatic carbocycles. The van der Waals surface area contributed by atoms with E-state index in [1.165, 1.54) is 24.3 Å². The molecule has 4 amide bonds. The van der Waals surface area contributed by atoms with Crippen LogP contribution in [0.1, 0.15) is 44.1 Å². The molecule has 0 radical (unpaired) electrons. The number of phenolic OH excluding ortho intramolecular Hbond substituents is 1. The molecule has 0 fully saturated rings. The lowest BCUT2D eigenvalue weighted by atomic mass is 10.0. The monoisotopic (exact) mass is 552 g/mol. The maximum absolute atomic E-state index is 13.0. The van der Waals surface area contributed by atoms with E-state index in [0.717, 1.165) is 0 Å². The fourth-order valence-electron chi connectivity index (χ4n) is 3.47. The number of aromatic hydroxyl groups is 1. The molecule has 0 spiro atoms. The number of amides is 4. The van der Waals surface area contributed by atoms with Crippen molar-refractivity contribution in [3.8, 4) is 5.75 Å². The van der Waals surface area contributed by atoms with Crippen LogP contribution in [-0.4, -0.2) is 81.6 Å². The topological polar surface area (TPSA) is 277 Å². The number of carboxylic acids is 2. The summed E-state index contributed by atoms with van der Waals surface area (Å²) in [7, 11) is 0. The second kappa shape index (κ2) is 16.6. The van der Waals surface area contributed by atoms with Gasteiger partial charge in [-0.1, -0.05) is 18.6 Å². The van der Waals surface area contributed by atoms with E-state index in [2.05, 4.69) is 16.0 Å². The molecule has 15 nitrogen and oxygen atoms in total. The van der Waals surface area contributed by atoms with Gasteiger partial charge in [-0.25, -0.2) is 4.79 Å². The number of carboxylic acid groups (broad SMARTS) is 2. The molecule has 39 heavy (non-hydrogen) atoms. The van der Waals surface area contributed by atoms with Gasteiger partial charge in [-0.05, 0) is 43.5 Å². The third kappa shape index (κ3) is 12.7. The number of phenols is 1. The third-order valence-electron chi connectivity index (χ3n) is 5.62. The molecule has 4 unspecified atom stereocenters. The summed E-state index contributed by atoms with van der Waals surface area (Å²) in [5, 5.41) is 35.1. The van der Waals surface area contributed by atoms with E-state index in [-0.39, 0.29) is 31.4 Å². The lowest BCUT2D eigenvalue weighted by molar-refractivity contribution is -0.143. The van der Waals surface area contributed by atoms with Gasteiger partial charge < -0.3 is 48.5 Å². The summed E-state index contributed by atoms with van der Waals surface area (Å²) in [5.74, 6) is -6.45. The average Bonchev–Trinajstić information content (AvgIpc) is 2.86. The van der Waals surface area contributed by atoms with Crippen LogP contribution >= 0.6 is 0 Å². The lowest BCUT2D eigenvalue weighted by Gasteiger charge is -2.25. The quantitative estimate of drug-likeness (QED) is 0.0871. The number of nitrogens with two attached hydrogens (primary N) is 3. The zero-order valence-corrected chi connectivity index (χ0v) is 21.3. The predicted molar refractivity (Wildman–Crippen MR) is 137 cm³/mol. The van der Waals surface area contributed by atoms with Crippen LogP contribution in [0.5, 0.6) is 5.75 Å². The number of primary amides is 1. The van der Waals surface area contributed by atoms with Crippen LogP contribution in [0.3, 0.4) is 0 Å². The lowest BCUT2D eigenvalue weighted by Crippen LogP contribution is -2.58. The standard InChI is InChI=1S/C24H36N6O9/c25-10-2-1-3-15(26)21(35)29-18(12-20(33)34)23(37)30-17(11-13-4-6-14(31)7-5-13)22(36)28-16(24(38)39)8-9-19(27)32/h4-7,15-18,31H,1-3,8-12,25-26H2,(H2,27,32)(H,28,36)(H,29,35)(H,30,37)(H,33,34)(H,38,39). The largest absolute Gasteiger partial charge is 0.508 e. The van der Waals surface area contributed by atoms with Gasteiger partial charge in [-0.2, -0.15) is 0 Å². The highest BCUT2D eigenvalue weighted by atomic mass is 16.4. The van der Waals surface area contributed by atoms with E-state index < -0.39 is 66.2 Å². The van der Waals surface area contributed by atoms with Crippen molar-refractivity contribution in [2.75, 3.05) is 6.54 Å². The van der Waals surface area contributed by atoms with E-state index in [4.69, 9.17) is 17.2 Å². The summed E-state index contributed by atoms with van der Waals surface area (Å²) in [4.78, 5) is 72.6. The Bertz CT molecular complexity index is 1020. The van der Waals surface area contributed by atoms with E-state index in [0.29, 0.717) is 24.9 Å². The van der Waals surface area contributed by atoms with Crippen molar-refractivity contribution in [2.45, 2.75) is 69.1 Å². The van der Waals surface area contributed by atoms with Crippen molar-refractivity contribution >= 4 is 35.6 Å². The molecule has 0 aliphatic heterocycles. The van der Waals surface area contributed by atoms with Gasteiger partial charge in [0, 0.05) is 12.8 Å². The molecule has 216 valence electrons. The van der Waals surface area contributed by atoms with Gasteiger partial charge in [0.2, 0.25) is 23.6 Å². The molecule has 0 aromatic heterocycles. The van der Waals surface area contributed by atoms with Gasteiger partial charge in [-0.3, -0.25) is 24.0 Å². The zero-order chi connectivity index (χ0) is 29.5. The van der Waals surface area contributed by atoms with Crippen molar-refractivity contribution in [3.05, 3.63) is 29.8 Å². The van der Waals surface area contributed by atoms with E-state index >= 15 is 0 Å². The van der Waals surface area contributed by atoms with Gasteiger partial charge in [0.05, 0.1) is 12.5 Å². The molecule has 0 aliphatic rings. The van der Waals surface area contributed by atoms with Crippen molar-refractivity contribution in [1.29, 1.82) is 0 Å². The van der Waals surface area contributed by atoms with Crippen LogP contribution in [0.25, 0.3) is 0 Å². The van der Waals surface area contributed by atoms with Crippen LogP contribution in [0.15, 0.2) is 24.3 Å². The number of nitrogens with one attached hydrogen (secondary N) is 3. The zero-order valence-electron chi connectivity index (χ0n) is 21.3. The summed E-state index contributed by atoms with van der Waals surface area (Å²) in [5.41, 5.74) is 16.8. The highest BCUT2D eigenvalue weighted by Crippen LogP contribution is 2.12. The Morgan fingerprint density at radius 2 is 1.36 bits per heavy atom.